The third-order valence-electron chi connectivity index (χ3n) is 8.94. The summed E-state index contributed by atoms with van der Waals surface area (Å²) >= 11 is 0. The summed E-state index contributed by atoms with van der Waals surface area (Å²) in [5.41, 5.74) is -0.0653. The third kappa shape index (κ3) is 7.27. The molecule has 3 fully saturated rings. The van der Waals surface area contributed by atoms with Crippen molar-refractivity contribution in [1.29, 1.82) is 0 Å². The van der Waals surface area contributed by atoms with Crippen LogP contribution in [0.3, 0.4) is 0 Å². The van der Waals surface area contributed by atoms with Crippen LogP contribution in [0.1, 0.15) is 0 Å². The van der Waals surface area contributed by atoms with Gasteiger partial charge in [-0.2, -0.15) is 0 Å². The zero-order valence-corrected chi connectivity index (χ0v) is 26.8. The highest BCUT2D eigenvalue weighted by molar-refractivity contribution is 5.89. The summed E-state index contributed by atoms with van der Waals surface area (Å²) in [7, 11) is 0. The van der Waals surface area contributed by atoms with Gasteiger partial charge in [0.15, 0.2) is 23.9 Å². The zero-order valence-electron chi connectivity index (χ0n) is 26.8. The topological polar surface area (TPSA) is 330 Å². The zero-order chi connectivity index (χ0) is 37.6. The van der Waals surface area contributed by atoms with Gasteiger partial charge in [0.1, 0.15) is 77.9 Å². The van der Waals surface area contributed by atoms with Gasteiger partial charge in [0.25, 0.3) is 0 Å². The maximum absolute atomic E-state index is 11.1. The van der Waals surface area contributed by atoms with Crippen LogP contribution in [0.15, 0.2) is 40.8 Å². The van der Waals surface area contributed by atoms with Gasteiger partial charge in [0, 0.05) is 18.2 Å². The smallest absolute Gasteiger partial charge is 0.402 e. The van der Waals surface area contributed by atoms with Crippen LogP contribution in [0.5, 0.6) is 28.7 Å². The molecular weight excluding hydrogens is 704 g/mol. The highest BCUT2D eigenvalue weighted by atomic mass is 16.8. The van der Waals surface area contributed by atoms with Crippen molar-refractivity contribution < 1.29 is 99.2 Å². The predicted octanol–water partition coefficient (Wildman–Crippen LogP) is -3.68. The standard InChI is InChI=1S/C32H38O20/c33-7-19-22(40)24(42)27(45)31(50-19)48-17-5-11(35)4-16-12(17)6-18(28(47-16)10-1-2-13(36)14(37)3-10)49-32-29(25(43)23(41)20(8-34)51-32)52-30-26(44)21(39)15(38)9-46-30/h1-6,15,19-27,29-34,38-45H,7-9H2,(H2-,35,36,37)/p+1/t15-,19+,20-,21-,22+,23+,24-,25-,26-,27+,29+,30+,31+,32+/m0/s1. The minimum atomic E-state index is -1.89. The molecule has 6 rings (SSSR count). The summed E-state index contributed by atoms with van der Waals surface area (Å²) in [4.78, 5) is 0. The molecule has 0 spiro atoms. The fraction of sp³-hybridized carbons (Fsp3) is 0.531. The number of benzene rings is 2. The van der Waals surface area contributed by atoms with Gasteiger partial charge in [-0.15, -0.1) is 0 Å². The van der Waals surface area contributed by atoms with Crippen LogP contribution >= 0.6 is 0 Å². The lowest BCUT2D eigenvalue weighted by Crippen LogP contribution is -2.63. The van der Waals surface area contributed by atoms with Gasteiger partial charge in [-0.05, 0) is 12.1 Å². The molecule has 4 heterocycles. The monoisotopic (exact) mass is 743 g/mol. The lowest BCUT2D eigenvalue weighted by Gasteiger charge is -2.44. The Morgan fingerprint density at radius 2 is 1.27 bits per heavy atom. The molecule has 0 unspecified atom stereocenters. The van der Waals surface area contributed by atoms with E-state index in [4.69, 9.17) is 32.8 Å². The number of aromatic hydroxyl groups is 3. The van der Waals surface area contributed by atoms with Crippen LogP contribution in [0, 0.1) is 0 Å². The number of phenolic OH excluding ortho intramolecular Hbond substituents is 3. The molecule has 20 heteroatoms. The van der Waals surface area contributed by atoms with Crippen molar-refractivity contribution in [2.24, 2.45) is 0 Å². The van der Waals surface area contributed by atoms with Crippen molar-refractivity contribution in [1.82, 2.24) is 0 Å². The molecule has 52 heavy (non-hydrogen) atoms. The molecule has 0 aliphatic carbocycles. The Hall–Kier alpha value is -3.71. The Balaban J connectivity index is 1.44. The first-order valence-electron chi connectivity index (χ1n) is 16.0. The van der Waals surface area contributed by atoms with Crippen LogP contribution in [0.4, 0.5) is 0 Å². The second-order valence-electron chi connectivity index (χ2n) is 12.5. The fourth-order valence-corrected chi connectivity index (χ4v) is 5.99. The van der Waals surface area contributed by atoms with Gasteiger partial charge < -0.3 is 94.8 Å². The van der Waals surface area contributed by atoms with E-state index in [9.17, 15) is 66.4 Å². The number of hydrogen-bond acceptors (Lipinski definition) is 19. The fourth-order valence-electron chi connectivity index (χ4n) is 5.99. The Morgan fingerprint density at radius 1 is 0.635 bits per heavy atom. The summed E-state index contributed by atoms with van der Waals surface area (Å²) in [6.07, 6.45) is -23.8. The molecule has 0 radical (unpaired) electrons. The van der Waals surface area contributed by atoms with E-state index in [-0.39, 0.29) is 33.8 Å². The third-order valence-corrected chi connectivity index (χ3v) is 8.94. The summed E-state index contributed by atoms with van der Waals surface area (Å²) < 4.78 is 40.3. The number of aliphatic hydroxyl groups excluding tert-OH is 10. The van der Waals surface area contributed by atoms with E-state index in [1.54, 1.807) is 0 Å². The van der Waals surface area contributed by atoms with E-state index in [1.165, 1.54) is 12.1 Å². The summed E-state index contributed by atoms with van der Waals surface area (Å²) in [5.74, 6) is -2.30. The Kier molecular flexibility index (Phi) is 11.2. The number of ether oxygens (including phenoxy) is 6. The first-order chi connectivity index (χ1) is 24.7. The van der Waals surface area contributed by atoms with Gasteiger partial charge in [0.2, 0.25) is 18.3 Å². The van der Waals surface area contributed by atoms with Gasteiger partial charge in [-0.1, -0.05) is 0 Å². The van der Waals surface area contributed by atoms with Crippen molar-refractivity contribution in [3.8, 4) is 40.1 Å². The van der Waals surface area contributed by atoms with E-state index in [1.807, 2.05) is 0 Å². The molecule has 3 aliphatic heterocycles. The van der Waals surface area contributed by atoms with Gasteiger partial charge >= 0.3 is 11.3 Å². The summed E-state index contributed by atoms with van der Waals surface area (Å²) in [5, 5.41) is 134. The quantitative estimate of drug-likeness (QED) is 0.0741. The normalized spacial score (nSPS) is 36.8. The van der Waals surface area contributed by atoms with E-state index in [0.717, 1.165) is 24.3 Å². The van der Waals surface area contributed by atoms with Gasteiger partial charge in [-0.25, -0.2) is 4.42 Å². The second-order valence-corrected chi connectivity index (χ2v) is 12.5. The molecule has 20 nitrogen and oxygen atoms in total. The molecule has 3 aromatic rings. The SMILES string of the molecule is OC[C@@H]1O[C@@H](Oc2cc3c(O[C@@H]4O[C@H](CO)[C@@H](O)[C@H](O)[C@H]4O)cc(O)cc3[o+]c2-c2ccc(O)c(O)c2)[C@H](O[C@H]2OC[C@H](O)[C@H](O)[C@@H]2O)[C@@H](O)[C@@H]1O. The number of phenols is 3. The van der Waals surface area contributed by atoms with Crippen molar-refractivity contribution in [3.63, 3.8) is 0 Å². The molecule has 14 atom stereocenters. The molecule has 0 bridgehead atoms. The molecule has 3 aliphatic rings. The predicted molar refractivity (Wildman–Crippen MR) is 166 cm³/mol. The average molecular weight is 744 g/mol. The molecule has 286 valence electrons. The van der Waals surface area contributed by atoms with E-state index in [2.05, 4.69) is 0 Å². The molecular formula is C32H39O20+. The maximum Gasteiger partial charge on any atom is 0.402 e. The van der Waals surface area contributed by atoms with E-state index >= 15 is 0 Å². The lowest BCUT2D eigenvalue weighted by molar-refractivity contribution is -0.344. The largest absolute Gasteiger partial charge is 0.507 e. The number of aliphatic hydroxyl groups is 10. The number of hydrogen-bond donors (Lipinski definition) is 13. The minimum absolute atomic E-state index is 0.0211. The Labute approximate surface area is 292 Å². The van der Waals surface area contributed by atoms with Crippen LogP contribution < -0.4 is 9.47 Å². The van der Waals surface area contributed by atoms with Crippen LogP contribution in [0.2, 0.25) is 0 Å². The molecule has 2 aromatic carbocycles. The van der Waals surface area contributed by atoms with Gasteiger partial charge in [0.05, 0.1) is 31.5 Å². The van der Waals surface area contributed by atoms with E-state index < -0.39 is 123 Å². The highest BCUT2D eigenvalue weighted by Gasteiger charge is 2.51. The average Bonchev–Trinajstić information content (AvgIpc) is 3.12. The first kappa shape index (κ1) is 38.0. The lowest BCUT2D eigenvalue weighted by atomic mass is 9.98. The Bertz CT molecular complexity index is 1710. The summed E-state index contributed by atoms with van der Waals surface area (Å²) in [6, 6.07) is 6.98. The molecule has 0 amide bonds. The van der Waals surface area contributed by atoms with Crippen LogP contribution in [0.25, 0.3) is 22.3 Å². The minimum Gasteiger partial charge on any atom is -0.507 e. The van der Waals surface area contributed by atoms with Crippen molar-refractivity contribution in [3.05, 3.63) is 36.4 Å². The molecule has 13 N–H and O–H groups in total. The maximum atomic E-state index is 11.1. The second kappa shape index (κ2) is 15.3. The van der Waals surface area contributed by atoms with Crippen LogP contribution in [-0.4, -0.2) is 172 Å². The molecule has 0 saturated carbocycles. The number of rotatable bonds is 9. The van der Waals surface area contributed by atoms with Crippen molar-refractivity contribution in [2.45, 2.75) is 86.0 Å². The van der Waals surface area contributed by atoms with Crippen molar-refractivity contribution in [2.75, 3.05) is 19.8 Å². The van der Waals surface area contributed by atoms with E-state index in [0.29, 0.717) is 0 Å². The van der Waals surface area contributed by atoms with Crippen molar-refractivity contribution >= 4 is 11.0 Å². The first-order valence-corrected chi connectivity index (χ1v) is 16.0. The van der Waals surface area contributed by atoms with Crippen LogP contribution in [-0.2, 0) is 18.9 Å². The molecule has 1 aromatic heterocycles. The number of fused-ring (bicyclic) bond motifs is 1. The summed E-state index contributed by atoms with van der Waals surface area (Å²) in [6.45, 7) is -2.07. The highest BCUT2D eigenvalue weighted by Crippen LogP contribution is 2.43. The Morgan fingerprint density at radius 3 is 1.94 bits per heavy atom. The molecule has 3 saturated heterocycles. The van der Waals surface area contributed by atoms with Gasteiger partial charge in [-0.3, -0.25) is 0 Å².